The molecule has 1 fully saturated rings. The molecular weight excluding hydrogens is 328 g/mol. The number of hydrogen-bond donors (Lipinski definition) is 2. The number of ether oxygens (including phenoxy) is 2. The van der Waals surface area contributed by atoms with E-state index >= 15 is 0 Å². The molecule has 1 unspecified atom stereocenters. The predicted octanol–water partition coefficient (Wildman–Crippen LogP) is 2.57. The van der Waals surface area contributed by atoms with Gasteiger partial charge in [-0.3, -0.25) is 4.99 Å². The Morgan fingerprint density at radius 3 is 2.77 bits per heavy atom. The molecule has 0 saturated carbocycles. The Morgan fingerprint density at radius 2 is 2.04 bits per heavy atom. The van der Waals surface area contributed by atoms with Gasteiger partial charge in [0.1, 0.15) is 0 Å². The molecular formula is C20H34N4O2. The molecule has 26 heavy (non-hydrogen) atoms. The van der Waals surface area contributed by atoms with E-state index in [1.807, 2.05) is 0 Å². The quantitative estimate of drug-likeness (QED) is 0.381. The van der Waals surface area contributed by atoms with E-state index < -0.39 is 0 Å². The van der Waals surface area contributed by atoms with Crippen molar-refractivity contribution in [3.05, 3.63) is 29.8 Å². The summed E-state index contributed by atoms with van der Waals surface area (Å²) in [4.78, 5) is 7.06. The molecule has 0 bridgehead atoms. The second-order valence-corrected chi connectivity index (χ2v) is 6.52. The standard InChI is InChI=1S/C20H34N4O2/c1-4-21-20(22-10-13-26-15-14-25-3)23-17(2)18-8-7-9-19(16-18)24-11-5-6-12-24/h7-9,16-17H,4-6,10-15H2,1-3H3,(H2,21,22,23). The molecule has 6 heteroatoms. The summed E-state index contributed by atoms with van der Waals surface area (Å²) < 4.78 is 10.4. The molecule has 0 aliphatic carbocycles. The van der Waals surface area contributed by atoms with Crippen LogP contribution in [0.1, 0.15) is 38.3 Å². The summed E-state index contributed by atoms with van der Waals surface area (Å²) >= 11 is 0. The van der Waals surface area contributed by atoms with Crippen LogP contribution in [-0.2, 0) is 9.47 Å². The summed E-state index contributed by atoms with van der Waals surface area (Å²) in [6.45, 7) is 9.85. The van der Waals surface area contributed by atoms with Crippen LogP contribution in [0.5, 0.6) is 0 Å². The fourth-order valence-electron chi connectivity index (χ4n) is 3.04. The van der Waals surface area contributed by atoms with Gasteiger partial charge in [0.2, 0.25) is 0 Å². The van der Waals surface area contributed by atoms with Crippen molar-refractivity contribution in [2.24, 2.45) is 4.99 Å². The van der Waals surface area contributed by atoms with E-state index in [-0.39, 0.29) is 6.04 Å². The molecule has 1 aromatic carbocycles. The highest BCUT2D eigenvalue weighted by atomic mass is 16.5. The van der Waals surface area contributed by atoms with E-state index in [1.165, 1.54) is 37.2 Å². The van der Waals surface area contributed by atoms with Gasteiger partial charge in [-0.25, -0.2) is 0 Å². The van der Waals surface area contributed by atoms with Gasteiger partial charge in [0.05, 0.1) is 32.4 Å². The summed E-state index contributed by atoms with van der Waals surface area (Å²) in [6.07, 6.45) is 2.59. The zero-order chi connectivity index (χ0) is 18.6. The van der Waals surface area contributed by atoms with Crippen LogP contribution in [0.3, 0.4) is 0 Å². The number of anilines is 1. The molecule has 146 valence electrons. The van der Waals surface area contributed by atoms with Crippen molar-refractivity contribution in [3.63, 3.8) is 0 Å². The highest BCUT2D eigenvalue weighted by Crippen LogP contribution is 2.23. The van der Waals surface area contributed by atoms with Crippen molar-refractivity contribution in [1.82, 2.24) is 10.6 Å². The van der Waals surface area contributed by atoms with Gasteiger partial charge in [0, 0.05) is 32.4 Å². The molecule has 1 aromatic rings. The monoisotopic (exact) mass is 362 g/mol. The van der Waals surface area contributed by atoms with Gasteiger partial charge in [-0.1, -0.05) is 12.1 Å². The fraction of sp³-hybridized carbons (Fsp3) is 0.650. The van der Waals surface area contributed by atoms with Crippen molar-refractivity contribution in [3.8, 4) is 0 Å². The summed E-state index contributed by atoms with van der Waals surface area (Å²) in [7, 11) is 1.68. The summed E-state index contributed by atoms with van der Waals surface area (Å²) in [6, 6.07) is 9.01. The summed E-state index contributed by atoms with van der Waals surface area (Å²) in [5.41, 5.74) is 2.60. The van der Waals surface area contributed by atoms with Gasteiger partial charge < -0.3 is 25.0 Å². The largest absolute Gasteiger partial charge is 0.382 e. The summed E-state index contributed by atoms with van der Waals surface area (Å²) in [5, 5.41) is 6.80. The number of nitrogens with zero attached hydrogens (tertiary/aromatic N) is 2. The maximum absolute atomic E-state index is 5.47. The highest BCUT2D eigenvalue weighted by Gasteiger charge is 2.14. The third kappa shape index (κ3) is 6.84. The zero-order valence-electron chi connectivity index (χ0n) is 16.5. The first-order valence-electron chi connectivity index (χ1n) is 9.71. The van der Waals surface area contributed by atoms with Gasteiger partial charge >= 0.3 is 0 Å². The van der Waals surface area contributed by atoms with Crippen LogP contribution in [0.2, 0.25) is 0 Å². The second kappa shape index (κ2) is 11.8. The second-order valence-electron chi connectivity index (χ2n) is 6.52. The number of nitrogens with one attached hydrogen (secondary N) is 2. The Morgan fingerprint density at radius 1 is 1.23 bits per heavy atom. The van der Waals surface area contributed by atoms with Gasteiger partial charge in [-0.2, -0.15) is 0 Å². The molecule has 0 amide bonds. The molecule has 1 heterocycles. The number of rotatable bonds is 10. The molecule has 1 saturated heterocycles. The Hall–Kier alpha value is -1.79. The van der Waals surface area contributed by atoms with Crippen LogP contribution in [0.25, 0.3) is 0 Å². The van der Waals surface area contributed by atoms with Gasteiger partial charge in [0.15, 0.2) is 5.96 Å². The first-order chi connectivity index (χ1) is 12.7. The van der Waals surface area contributed by atoms with Crippen molar-refractivity contribution < 1.29 is 9.47 Å². The Balaban J connectivity index is 1.89. The Labute approximate surface area is 158 Å². The van der Waals surface area contributed by atoms with Crippen LogP contribution in [-0.4, -0.2) is 59.1 Å². The van der Waals surface area contributed by atoms with E-state index in [1.54, 1.807) is 7.11 Å². The minimum Gasteiger partial charge on any atom is -0.382 e. The lowest BCUT2D eigenvalue weighted by molar-refractivity contribution is 0.0748. The third-order valence-electron chi connectivity index (χ3n) is 4.48. The smallest absolute Gasteiger partial charge is 0.191 e. The lowest BCUT2D eigenvalue weighted by atomic mass is 10.1. The van der Waals surface area contributed by atoms with Crippen LogP contribution in [0.15, 0.2) is 29.3 Å². The maximum atomic E-state index is 5.47. The topological polar surface area (TPSA) is 58.1 Å². The molecule has 0 radical (unpaired) electrons. The van der Waals surface area contributed by atoms with Crippen molar-refractivity contribution in [2.45, 2.75) is 32.7 Å². The molecule has 0 spiro atoms. The predicted molar refractivity (Wildman–Crippen MR) is 108 cm³/mol. The van der Waals surface area contributed by atoms with Gasteiger partial charge in [-0.15, -0.1) is 0 Å². The molecule has 2 N–H and O–H groups in total. The van der Waals surface area contributed by atoms with Crippen LogP contribution in [0, 0.1) is 0 Å². The first kappa shape index (κ1) is 20.5. The van der Waals surface area contributed by atoms with Crippen molar-refractivity contribution in [1.29, 1.82) is 0 Å². The molecule has 1 aliphatic rings. The van der Waals surface area contributed by atoms with Gasteiger partial charge in [-0.05, 0) is 44.4 Å². The van der Waals surface area contributed by atoms with Gasteiger partial charge in [0.25, 0.3) is 0 Å². The molecule has 1 atom stereocenters. The lowest BCUT2D eigenvalue weighted by Gasteiger charge is -2.22. The van der Waals surface area contributed by atoms with Crippen molar-refractivity contribution in [2.75, 3.05) is 58.0 Å². The molecule has 0 aromatic heterocycles. The lowest BCUT2D eigenvalue weighted by Crippen LogP contribution is -2.39. The number of aliphatic imine (C=N–C) groups is 1. The molecule has 6 nitrogen and oxygen atoms in total. The first-order valence-corrected chi connectivity index (χ1v) is 9.71. The SMILES string of the molecule is CCNC(=NCCOCCOC)NC(C)c1cccc(N2CCCC2)c1. The van der Waals surface area contributed by atoms with Crippen molar-refractivity contribution >= 4 is 11.6 Å². The van der Waals surface area contributed by atoms with E-state index in [4.69, 9.17) is 9.47 Å². The van der Waals surface area contributed by atoms with Crippen LogP contribution in [0.4, 0.5) is 5.69 Å². The van der Waals surface area contributed by atoms with Crippen LogP contribution < -0.4 is 15.5 Å². The summed E-state index contributed by atoms with van der Waals surface area (Å²) in [5.74, 6) is 0.821. The maximum Gasteiger partial charge on any atom is 0.191 e. The highest BCUT2D eigenvalue weighted by molar-refractivity contribution is 5.80. The Kier molecular flexibility index (Phi) is 9.28. The molecule has 2 rings (SSSR count). The van der Waals surface area contributed by atoms with E-state index in [0.717, 1.165) is 12.5 Å². The minimum atomic E-state index is 0.185. The third-order valence-corrected chi connectivity index (χ3v) is 4.48. The number of benzene rings is 1. The fourth-order valence-corrected chi connectivity index (χ4v) is 3.04. The number of methoxy groups -OCH3 is 1. The number of hydrogen-bond acceptors (Lipinski definition) is 4. The Bertz CT molecular complexity index is 544. The van der Waals surface area contributed by atoms with Crippen LogP contribution >= 0.6 is 0 Å². The van der Waals surface area contributed by atoms with E-state index in [0.29, 0.717) is 26.4 Å². The number of guanidine groups is 1. The van der Waals surface area contributed by atoms with E-state index in [2.05, 4.69) is 58.6 Å². The average molecular weight is 363 g/mol. The minimum absolute atomic E-state index is 0.185. The average Bonchev–Trinajstić information content (AvgIpc) is 3.19. The van der Waals surface area contributed by atoms with E-state index in [9.17, 15) is 0 Å². The molecule has 1 aliphatic heterocycles. The zero-order valence-corrected chi connectivity index (χ0v) is 16.5. The normalized spacial score (nSPS) is 16.0.